The Kier molecular flexibility index (Phi) is 11.7. The van der Waals surface area contributed by atoms with E-state index in [0.29, 0.717) is 0 Å². The van der Waals surface area contributed by atoms with Crippen molar-refractivity contribution in [1.29, 1.82) is 0 Å². The number of amides is 2. The molecule has 0 aliphatic heterocycles. The average Bonchev–Trinajstić information content (AvgIpc) is 2.16. The SMILES string of the molecule is CC(C)NC(=O)CCl.CC(C)NC(=O)CF. The van der Waals surface area contributed by atoms with Gasteiger partial charge in [0.2, 0.25) is 5.91 Å². The topological polar surface area (TPSA) is 58.2 Å². The van der Waals surface area contributed by atoms with E-state index in [4.69, 9.17) is 11.6 Å². The summed E-state index contributed by atoms with van der Waals surface area (Å²) < 4.78 is 11.3. The number of halogens is 2. The number of hydrogen-bond donors (Lipinski definition) is 2. The third-order valence-electron chi connectivity index (χ3n) is 1.14. The number of rotatable bonds is 4. The van der Waals surface area contributed by atoms with Gasteiger partial charge in [-0.15, -0.1) is 11.6 Å². The van der Waals surface area contributed by atoms with Crippen molar-refractivity contribution in [2.24, 2.45) is 0 Å². The van der Waals surface area contributed by atoms with Gasteiger partial charge in [-0.3, -0.25) is 9.59 Å². The predicted molar refractivity (Wildman–Crippen MR) is 63.3 cm³/mol. The lowest BCUT2D eigenvalue weighted by atomic mass is 10.4. The summed E-state index contributed by atoms with van der Waals surface area (Å²) in [6.45, 7) is 6.44. The number of alkyl halides is 2. The summed E-state index contributed by atoms with van der Waals surface area (Å²) in [4.78, 5) is 20.5. The smallest absolute Gasteiger partial charge is 0.251 e. The molecule has 0 bridgehead atoms. The highest BCUT2D eigenvalue weighted by Crippen LogP contribution is 1.78. The van der Waals surface area contributed by atoms with Crippen LogP contribution in [0.4, 0.5) is 4.39 Å². The third-order valence-corrected chi connectivity index (χ3v) is 1.38. The molecule has 6 heteroatoms. The van der Waals surface area contributed by atoms with Crippen LogP contribution in [-0.2, 0) is 9.59 Å². The maximum atomic E-state index is 11.3. The third kappa shape index (κ3) is 15.6. The highest BCUT2D eigenvalue weighted by Gasteiger charge is 1.99. The molecular formula is C10H20ClFN2O2. The molecule has 0 aromatic heterocycles. The van der Waals surface area contributed by atoms with Crippen molar-refractivity contribution in [1.82, 2.24) is 10.6 Å². The van der Waals surface area contributed by atoms with Crippen LogP contribution in [0.15, 0.2) is 0 Å². The molecule has 0 atom stereocenters. The first-order chi connectivity index (χ1) is 7.33. The van der Waals surface area contributed by atoms with Gasteiger partial charge in [-0.2, -0.15) is 0 Å². The minimum Gasteiger partial charge on any atom is -0.353 e. The first-order valence-corrected chi connectivity index (χ1v) is 5.57. The maximum Gasteiger partial charge on any atom is 0.251 e. The van der Waals surface area contributed by atoms with Gasteiger partial charge in [0.05, 0.1) is 0 Å². The Morgan fingerprint density at radius 3 is 1.56 bits per heavy atom. The second-order valence-electron chi connectivity index (χ2n) is 3.71. The summed E-state index contributed by atoms with van der Waals surface area (Å²) >= 11 is 5.18. The summed E-state index contributed by atoms with van der Waals surface area (Å²) in [6, 6.07) is 0.236. The molecule has 0 rings (SSSR count). The fraction of sp³-hybridized carbons (Fsp3) is 0.800. The molecule has 0 saturated carbocycles. The zero-order chi connectivity index (χ0) is 13.1. The van der Waals surface area contributed by atoms with Crippen molar-refractivity contribution < 1.29 is 14.0 Å². The monoisotopic (exact) mass is 254 g/mol. The molecule has 0 aliphatic carbocycles. The summed E-state index contributed by atoms with van der Waals surface area (Å²) in [7, 11) is 0. The van der Waals surface area contributed by atoms with Gasteiger partial charge in [0.25, 0.3) is 5.91 Å². The van der Waals surface area contributed by atoms with Gasteiger partial charge in [-0.05, 0) is 27.7 Å². The molecular weight excluding hydrogens is 235 g/mol. The largest absolute Gasteiger partial charge is 0.353 e. The number of nitrogens with one attached hydrogen (secondary N) is 2. The molecule has 2 amide bonds. The van der Waals surface area contributed by atoms with Gasteiger partial charge in [0.15, 0.2) is 6.67 Å². The van der Waals surface area contributed by atoms with Crippen molar-refractivity contribution in [2.75, 3.05) is 12.6 Å². The lowest BCUT2D eigenvalue weighted by Crippen LogP contribution is -2.31. The molecule has 96 valence electrons. The fourth-order valence-electron chi connectivity index (χ4n) is 0.721. The summed E-state index contributed by atoms with van der Waals surface area (Å²) in [6.07, 6.45) is 0. The van der Waals surface area contributed by atoms with E-state index in [1.807, 2.05) is 13.8 Å². The van der Waals surface area contributed by atoms with Gasteiger partial charge in [-0.25, -0.2) is 4.39 Å². The summed E-state index contributed by atoms with van der Waals surface area (Å²) in [5.41, 5.74) is 0. The Morgan fingerprint density at radius 2 is 1.44 bits per heavy atom. The van der Waals surface area contributed by atoms with Crippen LogP contribution in [0.5, 0.6) is 0 Å². The normalized spacial score (nSPS) is 9.50. The molecule has 0 aromatic carbocycles. The molecule has 0 spiro atoms. The van der Waals surface area contributed by atoms with E-state index in [1.165, 1.54) is 0 Å². The van der Waals surface area contributed by atoms with Crippen molar-refractivity contribution >= 4 is 23.4 Å². The number of carbonyl (C=O) groups is 2. The van der Waals surface area contributed by atoms with Crippen molar-refractivity contribution in [2.45, 2.75) is 39.8 Å². The average molecular weight is 255 g/mol. The minimum atomic E-state index is -0.918. The first-order valence-electron chi connectivity index (χ1n) is 5.04. The van der Waals surface area contributed by atoms with Crippen LogP contribution < -0.4 is 10.6 Å². The minimum absolute atomic E-state index is 0.0400. The van der Waals surface area contributed by atoms with Crippen molar-refractivity contribution in [3.05, 3.63) is 0 Å². The highest BCUT2D eigenvalue weighted by molar-refractivity contribution is 6.27. The Balaban J connectivity index is 0. The molecule has 0 fully saturated rings. The van der Waals surface area contributed by atoms with Crippen LogP contribution in [0, 0.1) is 0 Å². The van der Waals surface area contributed by atoms with Crippen LogP contribution in [0.25, 0.3) is 0 Å². The molecule has 0 aromatic rings. The Hall–Kier alpha value is -0.840. The summed E-state index contributed by atoms with van der Waals surface area (Å²) in [5.74, 6) is -0.597. The number of hydrogen-bond acceptors (Lipinski definition) is 2. The molecule has 2 N–H and O–H groups in total. The van der Waals surface area contributed by atoms with E-state index in [0.717, 1.165) is 0 Å². The molecule has 0 heterocycles. The van der Waals surface area contributed by atoms with Crippen LogP contribution in [-0.4, -0.2) is 36.5 Å². The second-order valence-corrected chi connectivity index (χ2v) is 3.98. The molecule has 0 aliphatic rings. The van der Waals surface area contributed by atoms with Gasteiger partial charge < -0.3 is 10.6 Å². The Labute approximate surface area is 101 Å². The van der Waals surface area contributed by atoms with E-state index in [9.17, 15) is 14.0 Å². The van der Waals surface area contributed by atoms with E-state index < -0.39 is 12.6 Å². The van der Waals surface area contributed by atoms with Crippen molar-refractivity contribution in [3.63, 3.8) is 0 Å². The van der Waals surface area contributed by atoms with E-state index in [-0.39, 0.29) is 23.9 Å². The van der Waals surface area contributed by atoms with E-state index in [1.54, 1.807) is 13.8 Å². The zero-order valence-electron chi connectivity index (χ0n) is 10.1. The van der Waals surface area contributed by atoms with Gasteiger partial charge in [-0.1, -0.05) is 0 Å². The van der Waals surface area contributed by atoms with Gasteiger partial charge in [0.1, 0.15) is 5.88 Å². The Morgan fingerprint density at radius 1 is 1.06 bits per heavy atom. The fourth-order valence-corrected chi connectivity index (χ4v) is 0.798. The molecule has 0 radical (unpaired) electrons. The lowest BCUT2D eigenvalue weighted by molar-refractivity contribution is -0.122. The molecule has 16 heavy (non-hydrogen) atoms. The van der Waals surface area contributed by atoms with Crippen LogP contribution >= 0.6 is 11.6 Å². The van der Waals surface area contributed by atoms with E-state index in [2.05, 4.69) is 10.6 Å². The van der Waals surface area contributed by atoms with Gasteiger partial charge >= 0.3 is 0 Å². The van der Waals surface area contributed by atoms with Crippen LogP contribution in [0.1, 0.15) is 27.7 Å². The van der Waals surface area contributed by atoms with Crippen molar-refractivity contribution in [3.8, 4) is 0 Å². The second kappa shape index (κ2) is 10.7. The lowest BCUT2D eigenvalue weighted by Gasteiger charge is -2.03. The summed E-state index contributed by atoms with van der Waals surface area (Å²) in [5, 5.41) is 5.00. The Bertz CT molecular complexity index is 189. The van der Waals surface area contributed by atoms with Crippen LogP contribution in [0.2, 0.25) is 0 Å². The first kappa shape index (κ1) is 17.6. The standard InChI is InChI=1S/C5H10ClNO.C5H10FNO/c2*1-4(2)7-5(8)3-6/h2*4H,3H2,1-2H3,(H,7,8). The quantitative estimate of drug-likeness (QED) is 0.742. The number of carbonyl (C=O) groups excluding carboxylic acids is 2. The molecule has 4 nitrogen and oxygen atoms in total. The highest BCUT2D eigenvalue weighted by atomic mass is 35.5. The maximum absolute atomic E-state index is 11.3. The van der Waals surface area contributed by atoms with E-state index >= 15 is 0 Å². The van der Waals surface area contributed by atoms with Crippen LogP contribution in [0.3, 0.4) is 0 Å². The molecule has 0 saturated heterocycles. The molecule has 0 unspecified atom stereocenters. The van der Waals surface area contributed by atoms with Gasteiger partial charge in [0, 0.05) is 12.1 Å². The zero-order valence-corrected chi connectivity index (χ0v) is 10.9. The predicted octanol–water partition coefficient (Wildman–Crippen LogP) is 1.23.